The quantitative estimate of drug-likeness (QED) is 0.826. The van der Waals surface area contributed by atoms with Gasteiger partial charge in [0, 0.05) is 44.8 Å². The molecule has 104 valence electrons. The van der Waals surface area contributed by atoms with Gasteiger partial charge in [0.25, 0.3) is 0 Å². The fraction of sp³-hybridized carbons (Fsp3) is 0.625. The molecule has 2 unspecified atom stereocenters. The molecule has 3 nitrogen and oxygen atoms in total. The van der Waals surface area contributed by atoms with Crippen LogP contribution >= 0.6 is 0 Å². The van der Waals surface area contributed by atoms with Crippen molar-refractivity contribution < 1.29 is 0 Å². The Labute approximate surface area is 116 Å². The van der Waals surface area contributed by atoms with Gasteiger partial charge in [0.15, 0.2) is 0 Å². The highest BCUT2D eigenvalue weighted by Crippen LogP contribution is 2.25. The van der Waals surface area contributed by atoms with Crippen molar-refractivity contribution in [1.82, 2.24) is 15.1 Å². The van der Waals surface area contributed by atoms with E-state index in [0.717, 1.165) is 13.1 Å². The third-order valence-electron chi connectivity index (χ3n) is 4.63. The molecule has 1 aromatic rings. The third kappa shape index (κ3) is 2.69. The Morgan fingerprint density at radius 1 is 1.16 bits per heavy atom. The first-order valence-electron chi connectivity index (χ1n) is 7.36. The van der Waals surface area contributed by atoms with Crippen molar-refractivity contribution in [3.8, 4) is 0 Å². The van der Waals surface area contributed by atoms with Gasteiger partial charge in [0.05, 0.1) is 0 Å². The number of nitrogens with one attached hydrogen (secondary N) is 1. The lowest BCUT2D eigenvalue weighted by atomic mass is 9.95. The van der Waals surface area contributed by atoms with E-state index in [1.54, 1.807) is 0 Å². The summed E-state index contributed by atoms with van der Waals surface area (Å²) in [6.45, 7) is 10.3. The molecular weight excluding hydrogens is 234 g/mol. The number of hydrogen-bond donors (Lipinski definition) is 1. The second kappa shape index (κ2) is 5.23. The van der Waals surface area contributed by atoms with Gasteiger partial charge in [-0.3, -0.25) is 4.90 Å². The smallest absolute Gasteiger partial charge is 0.0452 e. The zero-order valence-corrected chi connectivity index (χ0v) is 12.3. The first kappa shape index (κ1) is 13.1. The summed E-state index contributed by atoms with van der Waals surface area (Å²) in [6, 6.07) is 8.03. The van der Waals surface area contributed by atoms with Crippen LogP contribution in [-0.2, 0) is 0 Å². The molecule has 0 amide bonds. The van der Waals surface area contributed by atoms with Crippen molar-refractivity contribution in [2.75, 3.05) is 39.8 Å². The highest BCUT2D eigenvalue weighted by Gasteiger charge is 2.32. The van der Waals surface area contributed by atoms with Gasteiger partial charge >= 0.3 is 0 Å². The van der Waals surface area contributed by atoms with Crippen LogP contribution in [0.25, 0.3) is 0 Å². The third-order valence-corrected chi connectivity index (χ3v) is 4.63. The standard InChI is InChI=1S/C16H25N3/c1-12-4-5-15(13(2)8-12)16-11-19-7-6-18(3)10-14(19)9-17-16/h4-5,8,14,16-17H,6-7,9-11H2,1-3H3. The minimum Gasteiger partial charge on any atom is -0.307 e. The maximum atomic E-state index is 3.75. The van der Waals surface area contributed by atoms with Crippen LogP contribution in [0.4, 0.5) is 0 Å². The Morgan fingerprint density at radius 2 is 2.00 bits per heavy atom. The predicted molar refractivity (Wildman–Crippen MR) is 79.5 cm³/mol. The van der Waals surface area contributed by atoms with Crippen LogP contribution in [0.3, 0.4) is 0 Å². The number of fused-ring (bicyclic) bond motifs is 1. The number of nitrogens with zero attached hydrogens (tertiary/aromatic N) is 2. The first-order chi connectivity index (χ1) is 9.13. The molecule has 2 aliphatic heterocycles. The second-order valence-corrected chi connectivity index (χ2v) is 6.23. The van der Waals surface area contributed by atoms with Gasteiger partial charge in [-0.15, -0.1) is 0 Å². The Morgan fingerprint density at radius 3 is 2.79 bits per heavy atom. The highest BCUT2D eigenvalue weighted by molar-refractivity contribution is 5.33. The van der Waals surface area contributed by atoms with Crippen molar-refractivity contribution in [3.05, 3.63) is 34.9 Å². The fourth-order valence-corrected chi connectivity index (χ4v) is 3.48. The van der Waals surface area contributed by atoms with Gasteiger partial charge in [-0.05, 0) is 32.0 Å². The summed E-state index contributed by atoms with van der Waals surface area (Å²) < 4.78 is 0. The summed E-state index contributed by atoms with van der Waals surface area (Å²) in [5.41, 5.74) is 4.25. The molecule has 2 saturated heterocycles. The molecule has 0 radical (unpaired) electrons. The molecule has 0 bridgehead atoms. The lowest BCUT2D eigenvalue weighted by Gasteiger charge is -2.46. The van der Waals surface area contributed by atoms with E-state index in [1.165, 1.54) is 36.3 Å². The van der Waals surface area contributed by atoms with Gasteiger partial charge in [0.1, 0.15) is 0 Å². The lowest BCUT2D eigenvalue weighted by Crippen LogP contribution is -2.61. The number of hydrogen-bond acceptors (Lipinski definition) is 3. The van der Waals surface area contributed by atoms with E-state index in [4.69, 9.17) is 0 Å². The number of rotatable bonds is 1. The Balaban J connectivity index is 1.74. The lowest BCUT2D eigenvalue weighted by molar-refractivity contribution is 0.0537. The summed E-state index contributed by atoms with van der Waals surface area (Å²) in [5, 5.41) is 3.75. The maximum absolute atomic E-state index is 3.75. The van der Waals surface area contributed by atoms with Crippen molar-refractivity contribution in [1.29, 1.82) is 0 Å². The molecule has 2 fully saturated rings. The Hall–Kier alpha value is -0.900. The number of benzene rings is 1. The molecule has 2 heterocycles. The zero-order valence-electron chi connectivity index (χ0n) is 12.3. The largest absolute Gasteiger partial charge is 0.307 e. The highest BCUT2D eigenvalue weighted by atomic mass is 15.3. The first-order valence-corrected chi connectivity index (χ1v) is 7.36. The molecule has 0 spiro atoms. The van der Waals surface area contributed by atoms with Crippen molar-refractivity contribution in [3.63, 3.8) is 0 Å². The summed E-state index contributed by atoms with van der Waals surface area (Å²) in [7, 11) is 2.23. The fourth-order valence-electron chi connectivity index (χ4n) is 3.48. The van der Waals surface area contributed by atoms with Gasteiger partial charge < -0.3 is 10.2 Å². The van der Waals surface area contributed by atoms with Crippen LogP contribution in [0.1, 0.15) is 22.7 Å². The van der Waals surface area contributed by atoms with E-state index in [1.807, 2.05) is 0 Å². The van der Waals surface area contributed by atoms with Crippen LogP contribution in [0, 0.1) is 13.8 Å². The summed E-state index contributed by atoms with van der Waals surface area (Å²) in [4.78, 5) is 5.11. The van der Waals surface area contributed by atoms with Gasteiger partial charge in [-0.25, -0.2) is 0 Å². The minimum atomic E-state index is 0.500. The molecule has 1 N–H and O–H groups in total. The molecule has 2 aliphatic rings. The Bertz CT molecular complexity index is 457. The summed E-state index contributed by atoms with van der Waals surface area (Å²) >= 11 is 0. The number of piperazine rings is 2. The van der Waals surface area contributed by atoms with Crippen molar-refractivity contribution in [2.45, 2.75) is 25.9 Å². The van der Waals surface area contributed by atoms with Crippen LogP contribution in [-0.4, -0.2) is 55.6 Å². The van der Waals surface area contributed by atoms with Crippen LogP contribution < -0.4 is 5.32 Å². The van der Waals surface area contributed by atoms with E-state index < -0.39 is 0 Å². The predicted octanol–water partition coefficient (Wildman–Crippen LogP) is 1.56. The maximum Gasteiger partial charge on any atom is 0.0452 e. The normalized spacial score (nSPS) is 29.2. The monoisotopic (exact) mass is 259 g/mol. The van der Waals surface area contributed by atoms with Crippen molar-refractivity contribution in [2.24, 2.45) is 0 Å². The van der Waals surface area contributed by atoms with Crippen LogP contribution in [0.2, 0.25) is 0 Å². The van der Waals surface area contributed by atoms with Gasteiger partial charge in [-0.2, -0.15) is 0 Å². The minimum absolute atomic E-state index is 0.500. The number of likely N-dealkylation sites (N-methyl/N-ethyl adjacent to an activating group) is 1. The molecule has 0 saturated carbocycles. The average molecular weight is 259 g/mol. The molecule has 19 heavy (non-hydrogen) atoms. The van der Waals surface area contributed by atoms with Gasteiger partial charge in [0.2, 0.25) is 0 Å². The molecule has 3 heteroatoms. The topological polar surface area (TPSA) is 18.5 Å². The zero-order chi connectivity index (χ0) is 13.4. The van der Waals surface area contributed by atoms with E-state index >= 15 is 0 Å². The van der Waals surface area contributed by atoms with E-state index in [-0.39, 0.29) is 0 Å². The SMILES string of the molecule is Cc1ccc(C2CN3CCN(C)CC3CN2)c(C)c1. The molecule has 3 rings (SSSR count). The second-order valence-electron chi connectivity index (χ2n) is 6.23. The molecule has 0 aliphatic carbocycles. The van der Waals surface area contributed by atoms with E-state index in [0.29, 0.717) is 12.1 Å². The van der Waals surface area contributed by atoms with E-state index in [2.05, 4.69) is 54.2 Å². The summed E-state index contributed by atoms with van der Waals surface area (Å²) in [6.07, 6.45) is 0. The van der Waals surface area contributed by atoms with Crippen molar-refractivity contribution >= 4 is 0 Å². The van der Waals surface area contributed by atoms with E-state index in [9.17, 15) is 0 Å². The average Bonchev–Trinajstić information content (AvgIpc) is 2.38. The number of aryl methyl sites for hydroxylation is 2. The van der Waals surface area contributed by atoms with Crippen LogP contribution in [0.15, 0.2) is 18.2 Å². The molecule has 2 atom stereocenters. The van der Waals surface area contributed by atoms with Gasteiger partial charge in [-0.1, -0.05) is 23.8 Å². The summed E-state index contributed by atoms with van der Waals surface area (Å²) in [5.74, 6) is 0. The molecule has 1 aromatic carbocycles. The molecule has 0 aromatic heterocycles. The van der Waals surface area contributed by atoms with Crippen LogP contribution in [0.5, 0.6) is 0 Å². The Kier molecular flexibility index (Phi) is 3.61. The molecular formula is C16H25N3.